The normalized spacial score (nSPS) is 11.7. The Balaban J connectivity index is 1.90. The van der Waals surface area contributed by atoms with Crippen LogP contribution in [-0.4, -0.2) is 38.8 Å². The quantitative estimate of drug-likeness (QED) is 0.594. The molecule has 8 heteroatoms. The van der Waals surface area contributed by atoms with E-state index in [1.807, 2.05) is 13.8 Å². The number of guanidine groups is 1. The first-order valence-corrected chi connectivity index (χ1v) is 8.77. The Morgan fingerprint density at radius 2 is 2.13 bits per heavy atom. The summed E-state index contributed by atoms with van der Waals surface area (Å²) in [5.74, 6) is 1.83. The summed E-state index contributed by atoms with van der Waals surface area (Å²) in [4.78, 5) is 10.3. The number of thiazole rings is 1. The summed E-state index contributed by atoms with van der Waals surface area (Å²) in [7, 11) is 0. The molecule has 0 saturated heterocycles. The van der Waals surface area contributed by atoms with Crippen molar-refractivity contribution in [2.45, 2.75) is 47.2 Å². The SMILES string of the molecule is CCNC(=NCc1sc(C)nc1C)NCCn1cnnc1CC. The molecule has 0 radical (unpaired) electrons. The Kier molecular flexibility index (Phi) is 6.52. The third-order valence-corrected chi connectivity index (χ3v) is 4.44. The van der Waals surface area contributed by atoms with Gasteiger partial charge in [0.15, 0.2) is 5.96 Å². The van der Waals surface area contributed by atoms with Crippen LogP contribution in [0.2, 0.25) is 0 Å². The van der Waals surface area contributed by atoms with Crippen LogP contribution in [-0.2, 0) is 19.5 Å². The number of hydrogen-bond donors (Lipinski definition) is 2. The van der Waals surface area contributed by atoms with Crippen LogP contribution < -0.4 is 10.6 Å². The lowest BCUT2D eigenvalue weighted by Crippen LogP contribution is -2.38. The molecular weight excluding hydrogens is 310 g/mol. The average molecular weight is 335 g/mol. The van der Waals surface area contributed by atoms with E-state index in [0.29, 0.717) is 6.54 Å². The second-order valence-corrected chi connectivity index (χ2v) is 6.45. The number of nitrogens with one attached hydrogen (secondary N) is 2. The molecule has 23 heavy (non-hydrogen) atoms. The minimum atomic E-state index is 0.652. The van der Waals surface area contributed by atoms with Gasteiger partial charge in [0.25, 0.3) is 0 Å². The Morgan fingerprint density at radius 1 is 1.30 bits per heavy atom. The van der Waals surface area contributed by atoms with Crippen LogP contribution in [0.25, 0.3) is 0 Å². The second-order valence-electron chi connectivity index (χ2n) is 5.16. The van der Waals surface area contributed by atoms with E-state index >= 15 is 0 Å². The Hall–Kier alpha value is -1.96. The molecule has 2 heterocycles. The van der Waals surface area contributed by atoms with E-state index in [4.69, 9.17) is 0 Å². The Labute approximate surface area is 141 Å². The van der Waals surface area contributed by atoms with E-state index in [0.717, 1.165) is 48.5 Å². The van der Waals surface area contributed by atoms with Crippen LogP contribution in [0.3, 0.4) is 0 Å². The Morgan fingerprint density at radius 3 is 2.78 bits per heavy atom. The first kappa shape index (κ1) is 17.4. The van der Waals surface area contributed by atoms with Crippen molar-refractivity contribution in [1.29, 1.82) is 0 Å². The highest BCUT2D eigenvalue weighted by molar-refractivity contribution is 7.11. The van der Waals surface area contributed by atoms with Crippen molar-refractivity contribution in [3.63, 3.8) is 0 Å². The van der Waals surface area contributed by atoms with Gasteiger partial charge in [-0.15, -0.1) is 21.5 Å². The lowest BCUT2D eigenvalue weighted by atomic mass is 10.4. The van der Waals surface area contributed by atoms with Crippen LogP contribution in [0.5, 0.6) is 0 Å². The molecular formula is C15H25N7S. The highest BCUT2D eigenvalue weighted by Gasteiger charge is 2.05. The predicted molar refractivity (Wildman–Crippen MR) is 93.8 cm³/mol. The van der Waals surface area contributed by atoms with Gasteiger partial charge in [-0.05, 0) is 20.8 Å². The van der Waals surface area contributed by atoms with Crippen LogP contribution in [0.1, 0.15) is 35.3 Å². The molecule has 0 atom stereocenters. The fourth-order valence-corrected chi connectivity index (χ4v) is 3.11. The third kappa shape index (κ3) is 5.02. The number of aliphatic imine (C=N–C) groups is 1. The zero-order valence-corrected chi connectivity index (χ0v) is 15.1. The third-order valence-electron chi connectivity index (χ3n) is 3.38. The van der Waals surface area contributed by atoms with Gasteiger partial charge in [0.05, 0.1) is 17.2 Å². The minimum Gasteiger partial charge on any atom is -0.357 e. The molecule has 0 unspecified atom stereocenters. The van der Waals surface area contributed by atoms with Gasteiger partial charge in [-0.2, -0.15) is 0 Å². The van der Waals surface area contributed by atoms with Crippen LogP contribution in [0, 0.1) is 13.8 Å². The van der Waals surface area contributed by atoms with E-state index in [1.54, 1.807) is 17.7 Å². The smallest absolute Gasteiger partial charge is 0.191 e. The maximum absolute atomic E-state index is 4.64. The van der Waals surface area contributed by atoms with Crippen molar-refractivity contribution in [2.24, 2.45) is 4.99 Å². The average Bonchev–Trinajstić information content (AvgIpc) is 3.10. The van der Waals surface area contributed by atoms with Gasteiger partial charge < -0.3 is 15.2 Å². The van der Waals surface area contributed by atoms with E-state index in [1.165, 1.54) is 4.88 Å². The van der Waals surface area contributed by atoms with Crippen LogP contribution in [0.15, 0.2) is 11.3 Å². The van der Waals surface area contributed by atoms with E-state index in [9.17, 15) is 0 Å². The van der Waals surface area contributed by atoms with Gasteiger partial charge in [-0.25, -0.2) is 9.98 Å². The molecule has 126 valence electrons. The molecule has 0 aliphatic rings. The van der Waals surface area contributed by atoms with Gasteiger partial charge in [-0.1, -0.05) is 6.92 Å². The molecule has 7 nitrogen and oxygen atoms in total. The number of nitrogens with zero attached hydrogens (tertiary/aromatic N) is 5. The van der Waals surface area contributed by atoms with Crippen molar-refractivity contribution in [3.8, 4) is 0 Å². The topological polar surface area (TPSA) is 80.0 Å². The van der Waals surface area contributed by atoms with E-state index < -0.39 is 0 Å². The molecule has 0 bridgehead atoms. The highest BCUT2D eigenvalue weighted by Crippen LogP contribution is 2.17. The van der Waals surface area contributed by atoms with Crippen molar-refractivity contribution < 1.29 is 0 Å². The number of aromatic nitrogens is 4. The Bertz CT molecular complexity index is 644. The molecule has 2 rings (SSSR count). The molecule has 2 N–H and O–H groups in total. The molecule has 0 amide bonds. The van der Waals surface area contributed by atoms with Crippen LogP contribution >= 0.6 is 11.3 Å². The van der Waals surface area contributed by atoms with Gasteiger partial charge in [0, 0.05) is 30.9 Å². The fraction of sp³-hybridized carbons (Fsp3) is 0.600. The molecule has 0 aliphatic heterocycles. The summed E-state index contributed by atoms with van der Waals surface area (Å²) >= 11 is 1.71. The summed E-state index contributed by atoms with van der Waals surface area (Å²) in [6.45, 7) is 11.3. The molecule has 0 saturated carbocycles. The second kappa shape index (κ2) is 8.61. The van der Waals surface area contributed by atoms with E-state index in [2.05, 4.69) is 49.2 Å². The standard InChI is InChI=1S/C15H25N7S/c1-5-14-21-19-10-22(14)8-7-17-15(16-6-2)18-9-13-11(3)20-12(4)23-13/h10H,5-9H2,1-4H3,(H2,16,17,18). The summed E-state index contributed by atoms with van der Waals surface area (Å²) in [5.41, 5.74) is 1.07. The maximum atomic E-state index is 4.64. The first-order valence-electron chi connectivity index (χ1n) is 7.95. The van der Waals surface area contributed by atoms with Crippen LogP contribution in [0.4, 0.5) is 0 Å². The lowest BCUT2D eigenvalue weighted by molar-refractivity contribution is 0.632. The maximum Gasteiger partial charge on any atom is 0.191 e. The molecule has 2 aromatic rings. The lowest BCUT2D eigenvalue weighted by Gasteiger charge is -2.12. The van der Waals surface area contributed by atoms with E-state index in [-0.39, 0.29) is 0 Å². The zero-order chi connectivity index (χ0) is 16.7. The van der Waals surface area contributed by atoms with Gasteiger partial charge in [-0.3, -0.25) is 0 Å². The van der Waals surface area contributed by atoms with Crippen molar-refractivity contribution >= 4 is 17.3 Å². The van der Waals surface area contributed by atoms with Gasteiger partial charge >= 0.3 is 0 Å². The molecule has 0 aromatic carbocycles. The zero-order valence-electron chi connectivity index (χ0n) is 14.3. The minimum absolute atomic E-state index is 0.652. The molecule has 0 aliphatic carbocycles. The molecule has 2 aromatic heterocycles. The van der Waals surface area contributed by atoms with Gasteiger partial charge in [0.1, 0.15) is 12.2 Å². The predicted octanol–water partition coefficient (Wildman–Crippen LogP) is 1.67. The van der Waals surface area contributed by atoms with Gasteiger partial charge in [0.2, 0.25) is 0 Å². The van der Waals surface area contributed by atoms with Crippen molar-refractivity contribution in [2.75, 3.05) is 13.1 Å². The number of rotatable bonds is 7. The van der Waals surface area contributed by atoms with Crippen molar-refractivity contribution in [1.82, 2.24) is 30.4 Å². The fourth-order valence-electron chi connectivity index (χ4n) is 2.25. The number of hydrogen-bond acceptors (Lipinski definition) is 5. The summed E-state index contributed by atoms with van der Waals surface area (Å²) < 4.78 is 2.06. The molecule has 0 fully saturated rings. The summed E-state index contributed by atoms with van der Waals surface area (Å²) in [5, 5.41) is 15.8. The summed E-state index contributed by atoms with van der Waals surface area (Å²) in [6, 6.07) is 0. The summed E-state index contributed by atoms with van der Waals surface area (Å²) in [6.07, 6.45) is 2.66. The number of aryl methyl sites for hydroxylation is 3. The van der Waals surface area contributed by atoms with Crippen molar-refractivity contribution in [3.05, 3.63) is 27.7 Å². The molecule has 0 spiro atoms. The monoisotopic (exact) mass is 335 g/mol. The highest BCUT2D eigenvalue weighted by atomic mass is 32.1. The largest absolute Gasteiger partial charge is 0.357 e. The first-order chi connectivity index (χ1) is 11.1.